The van der Waals surface area contributed by atoms with Gasteiger partial charge in [0.2, 0.25) is 0 Å². The first kappa shape index (κ1) is 11.1. The van der Waals surface area contributed by atoms with E-state index >= 15 is 0 Å². The van der Waals surface area contributed by atoms with Crippen LogP contribution in [0.15, 0.2) is 0 Å². The summed E-state index contributed by atoms with van der Waals surface area (Å²) in [5.41, 5.74) is 1.21. The highest BCUT2D eigenvalue weighted by Crippen LogP contribution is 2.31. The van der Waals surface area contributed by atoms with Gasteiger partial charge in [-0.3, -0.25) is 0 Å². The van der Waals surface area contributed by atoms with E-state index in [0.717, 1.165) is 6.04 Å². The fourth-order valence-electron chi connectivity index (χ4n) is 1.76. The zero-order valence-corrected chi connectivity index (χ0v) is 10.8. The van der Waals surface area contributed by atoms with E-state index in [1.165, 1.54) is 28.4 Å². The van der Waals surface area contributed by atoms with E-state index in [-0.39, 0.29) is 0 Å². The zero-order chi connectivity index (χ0) is 11.0. The standard InChI is InChI=1S/C12H20N2S/c1-7(2)12-14-9(4)11(15-12)8(3)13-10-5-6-10/h7-8,10,13H,5-6H2,1-4H3. The molecule has 15 heavy (non-hydrogen) atoms. The molecular weight excluding hydrogens is 204 g/mol. The molecular formula is C12H20N2S. The Hall–Kier alpha value is -0.410. The molecule has 0 aliphatic heterocycles. The van der Waals surface area contributed by atoms with Crippen LogP contribution in [0.5, 0.6) is 0 Å². The highest BCUT2D eigenvalue weighted by molar-refractivity contribution is 7.11. The number of nitrogens with zero attached hydrogens (tertiary/aromatic N) is 1. The van der Waals surface area contributed by atoms with E-state index in [9.17, 15) is 0 Å². The van der Waals surface area contributed by atoms with Gasteiger partial charge in [0.25, 0.3) is 0 Å². The zero-order valence-electron chi connectivity index (χ0n) is 10.0. The van der Waals surface area contributed by atoms with Crippen LogP contribution in [-0.4, -0.2) is 11.0 Å². The second kappa shape index (κ2) is 4.22. The fraction of sp³-hybridized carbons (Fsp3) is 0.750. The molecule has 84 valence electrons. The molecule has 0 bridgehead atoms. The van der Waals surface area contributed by atoms with Gasteiger partial charge in [0.1, 0.15) is 0 Å². The van der Waals surface area contributed by atoms with Crippen molar-refractivity contribution in [1.82, 2.24) is 10.3 Å². The van der Waals surface area contributed by atoms with E-state index in [2.05, 4.69) is 38.0 Å². The molecule has 1 aromatic rings. The predicted molar refractivity (Wildman–Crippen MR) is 65.5 cm³/mol. The lowest BCUT2D eigenvalue weighted by Gasteiger charge is -2.11. The molecule has 1 saturated carbocycles. The SMILES string of the molecule is Cc1nc(C(C)C)sc1C(C)NC1CC1. The van der Waals surface area contributed by atoms with Gasteiger partial charge in [-0.15, -0.1) is 11.3 Å². The molecule has 2 nitrogen and oxygen atoms in total. The third kappa shape index (κ3) is 2.58. The van der Waals surface area contributed by atoms with Crippen LogP contribution in [0, 0.1) is 6.92 Å². The van der Waals surface area contributed by atoms with Gasteiger partial charge < -0.3 is 5.32 Å². The minimum absolute atomic E-state index is 0.475. The van der Waals surface area contributed by atoms with Crippen molar-refractivity contribution in [2.24, 2.45) is 0 Å². The van der Waals surface area contributed by atoms with Gasteiger partial charge in [0.15, 0.2) is 0 Å². The van der Waals surface area contributed by atoms with Crippen LogP contribution in [-0.2, 0) is 0 Å². The van der Waals surface area contributed by atoms with E-state index in [0.29, 0.717) is 12.0 Å². The average molecular weight is 224 g/mol. The van der Waals surface area contributed by atoms with Gasteiger partial charge >= 0.3 is 0 Å². The Bertz CT molecular complexity index is 339. The van der Waals surface area contributed by atoms with E-state index in [1.807, 2.05) is 11.3 Å². The third-order valence-corrected chi connectivity index (χ3v) is 4.44. The molecule has 1 aliphatic carbocycles. The van der Waals surface area contributed by atoms with Gasteiger partial charge in [-0.1, -0.05) is 13.8 Å². The summed E-state index contributed by atoms with van der Waals surface area (Å²) in [6.07, 6.45) is 2.69. The number of hydrogen-bond donors (Lipinski definition) is 1. The number of aryl methyl sites for hydroxylation is 1. The van der Waals surface area contributed by atoms with Crippen molar-refractivity contribution in [1.29, 1.82) is 0 Å². The van der Waals surface area contributed by atoms with Crippen LogP contribution in [0.4, 0.5) is 0 Å². The molecule has 1 unspecified atom stereocenters. The van der Waals surface area contributed by atoms with Crippen molar-refractivity contribution in [2.45, 2.75) is 58.5 Å². The van der Waals surface area contributed by atoms with Crippen LogP contribution < -0.4 is 5.32 Å². The maximum Gasteiger partial charge on any atom is 0.0956 e. The highest BCUT2D eigenvalue weighted by Gasteiger charge is 2.25. The monoisotopic (exact) mass is 224 g/mol. The lowest BCUT2D eigenvalue weighted by Crippen LogP contribution is -2.20. The normalized spacial score (nSPS) is 18.5. The van der Waals surface area contributed by atoms with Crippen LogP contribution in [0.3, 0.4) is 0 Å². The number of hydrogen-bond acceptors (Lipinski definition) is 3. The van der Waals surface area contributed by atoms with Crippen molar-refractivity contribution < 1.29 is 0 Å². The molecule has 0 saturated heterocycles. The topological polar surface area (TPSA) is 24.9 Å². The van der Waals surface area contributed by atoms with Crippen molar-refractivity contribution in [3.8, 4) is 0 Å². The highest BCUT2D eigenvalue weighted by atomic mass is 32.1. The summed E-state index contributed by atoms with van der Waals surface area (Å²) >= 11 is 1.87. The summed E-state index contributed by atoms with van der Waals surface area (Å²) in [5, 5.41) is 4.90. The first-order chi connectivity index (χ1) is 7.08. The van der Waals surface area contributed by atoms with Crippen LogP contribution in [0.25, 0.3) is 0 Å². The molecule has 1 atom stereocenters. The van der Waals surface area contributed by atoms with Gasteiger partial charge in [-0.25, -0.2) is 4.98 Å². The fourth-order valence-corrected chi connectivity index (χ4v) is 2.84. The Morgan fingerprint density at radius 1 is 1.33 bits per heavy atom. The quantitative estimate of drug-likeness (QED) is 0.848. The molecule has 3 heteroatoms. The van der Waals surface area contributed by atoms with Crippen molar-refractivity contribution in [2.75, 3.05) is 0 Å². The van der Waals surface area contributed by atoms with Crippen LogP contribution in [0.2, 0.25) is 0 Å². The first-order valence-electron chi connectivity index (χ1n) is 5.81. The molecule has 1 N–H and O–H groups in total. The molecule has 0 spiro atoms. The minimum Gasteiger partial charge on any atom is -0.307 e. The van der Waals surface area contributed by atoms with Gasteiger partial charge in [0.05, 0.1) is 10.7 Å². The summed E-state index contributed by atoms with van der Waals surface area (Å²) in [6.45, 7) is 8.80. The van der Waals surface area contributed by atoms with E-state index < -0.39 is 0 Å². The Morgan fingerprint density at radius 2 is 2.00 bits per heavy atom. The van der Waals surface area contributed by atoms with Crippen LogP contribution in [0.1, 0.15) is 61.2 Å². The molecule has 1 aromatic heterocycles. The Kier molecular flexibility index (Phi) is 3.12. The average Bonchev–Trinajstić information content (AvgIpc) is 2.86. The Balaban J connectivity index is 2.11. The number of nitrogens with one attached hydrogen (secondary N) is 1. The van der Waals surface area contributed by atoms with Crippen molar-refractivity contribution in [3.05, 3.63) is 15.6 Å². The molecule has 0 aromatic carbocycles. The Morgan fingerprint density at radius 3 is 2.47 bits per heavy atom. The number of thiazole rings is 1. The molecule has 2 rings (SSSR count). The lowest BCUT2D eigenvalue weighted by atomic mass is 10.2. The molecule has 1 fully saturated rings. The number of aromatic nitrogens is 1. The second-order valence-corrected chi connectivity index (χ2v) is 5.88. The van der Waals surface area contributed by atoms with E-state index in [4.69, 9.17) is 0 Å². The summed E-state index contributed by atoms with van der Waals surface area (Å²) in [5.74, 6) is 0.551. The maximum absolute atomic E-state index is 4.64. The summed E-state index contributed by atoms with van der Waals surface area (Å²) < 4.78 is 0. The number of rotatable bonds is 4. The molecule has 1 heterocycles. The smallest absolute Gasteiger partial charge is 0.0956 e. The first-order valence-corrected chi connectivity index (χ1v) is 6.63. The lowest BCUT2D eigenvalue weighted by molar-refractivity contribution is 0.576. The van der Waals surface area contributed by atoms with Crippen molar-refractivity contribution >= 4 is 11.3 Å². The Labute approximate surface area is 96.1 Å². The summed E-state index contributed by atoms with van der Waals surface area (Å²) in [6, 6.07) is 1.24. The third-order valence-electron chi connectivity index (χ3n) is 2.80. The summed E-state index contributed by atoms with van der Waals surface area (Å²) in [4.78, 5) is 6.06. The molecule has 0 amide bonds. The minimum atomic E-state index is 0.475. The largest absolute Gasteiger partial charge is 0.307 e. The van der Waals surface area contributed by atoms with Crippen LogP contribution >= 0.6 is 11.3 Å². The molecule has 0 radical (unpaired) electrons. The van der Waals surface area contributed by atoms with Gasteiger partial charge in [-0.2, -0.15) is 0 Å². The summed E-state index contributed by atoms with van der Waals surface area (Å²) in [7, 11) is 0. The van der Waals surface area contributed by atoms with Gasteiger partial charge in [0, 0.05) is 22.9 Å². The van der Waals surface area contributed by atoms with E-state index in [1.54, 1.807) is 0 Å². The predicted octanol–water partition coefficient (Wildman–Crippen LogP) is 3.39. The second-order valence-electron chi connectivity index (χ2n) is 4.82. The van der Waals surface area contributed by atoms with Crippen molar-refractivity contribution in [3.63, 3.8) is 0 Å². The molecule has 1 aliphatic rings. The van der Waals surface area contributed by atoms with Gasteiger partial charge in [-0.05, 0) is 26.7 Å². The maximum atomic E-state index is 4.64.